The molecule has 0 heterocycles. The lowest BCUT2D eigenvalue weighted by Crippen LogP contribution is -2.55. The van der Waals surface area contributed by atoms with Crippen molar-refractivity contribution in [2.24, 2.45) is 0 Å². The zero-order valence-electron chi connectivity index (χ0n) is 26.8. The predicted octanol–water partition coefficient (Wildman–Crippen LogP) is -0.290. The number of ether oxygens (including phenoxy) is 8. The average molecular weight is 636 g/mol. The maximum atomic E-state index is 12.5. The first kappa shape index (κ1) is 41.5. The molecule has 0 radical (unpaired) electrons. The van der Waals surface area contributed by atoms with E-state index in [2.05, 4.69) is 10.6 Å². The maximum Gasteiger partial charge on any atom is 0.253 e. The number of nitrogens with one attached hydrogen (secondary N) is 2. The Kier molecular flexibility index (Phi) is 28.8. The second-order valence-electron chi connectivity index (χ2n) is 9.36. The van der Waals surface area contributed by atoms with Crippen LogP contribution in [0.15, 0.2) is 12.2 Å². The van der Waals surface area contributed by atoms with Gasteiger partial charge in [-0.15, -0.1) is 0 Å². The van der Waals surface area contributed by atoms with Crippen molar-refractivity contribution in [1.82, 2.24) is 15.5 Å². The van der Waals surface area contributed by atoms with Gasteiger partial charge in [0, 0.05) is 26.1 Å². The molecule has 0 bridgehead atoms. The van der Waals surface area contributed by atoms with Gasteiger partial charge in [-0.25, -0.2) is 0 Å². The van der Waals surface area contributed by atoms with Crippen LogP contribution in [-0.4, -0.2) is 154 Å². The summed E-state index contributed by atoms with van der Waals surface area (Å²) in [6, 6.07) is -1.39. The number of imide groups is 1. The summed E-state index contributed by atoms with van der Waals surface area (Å²) >= 11 is 0. The van der Waals surface area contributed by atoms with Gasteiger partial charge in [0.25, 0.3) is 5.91 Å². The number of carbonyl (C=O) groups is 4. The molecule has 0 saturated heterocycles. The van der Waals surface area contributed by atoms with E-state index in [-0.39, 0.29) is 37.9 Å². The molecule has 1 atom stereocenters. The summed E-state index contributed by atoms with van der Waals surface area (Å²) in [4.78, 5) is 49.2. The Labute approximate surface area is 261 Å². The third-order valence-corrected chi connectivity index (χ3v) is 5.38. The third kappa shape index (κ3) is 24.9. The SMILES string of the molecule is C/C=C\C(=O)N(C=O)C(CNC(=O)CCOCCOCCOCCOCCOCCOCCOCCOC)C(=O)NC(C)C. The molecule has 0 aromatic heterocycles. The smallest absolute Gasteiger partial charge is 0.253 e. The molecule has 44 heavy (non-hydrogen) atoms. The molecule has 0 spiro atoms. The van der Waals surface area contributed by atoms with Crippen LogP contribution in [0.3, 0.4) is 0 Å². The summed E-state index contributed by atoms with van der Waals surface area (Å²) in [5, 5.41) is 5.24. The Bertz CT molecular complexity index is 770. The van der Waals surface area contributed by atoms with Crippen LogP contribution >= 0.6 is 0 Å². The normalized spacial score (nSPS) is 12.0. The van der Waals surface area contributed by atoms with Gasteiger partial charge in [-0.05, 0) is 26.8 Å². The minimum Gasteiger partial charge on any atom is -0.382 e. The van der Waals surface area contributed by atoms with Crippen LogP contribution in [0.2, 0.25) is 0 Å². The Morgan fingerprint density at radius 2 is 1.09 bits per heavy atom. The van der Waals surface area contributed by atoms with E-state index < -0.39 is 17.9 Å². The Hall–Kier alpha value is -2.50. The molecular formula is C29H53N3O12. The lowest BCUT2D eigenvalue weighted by Gasteiger charge is -2.26. The molecule has 2 N–H and O–H groups in total. The summed E-state index contributed by atoms with van der Waals surface area (Å²) < 4.78 is 42.6. The highest BCUT2D eigenvalue weighted by molar-refractivity contribution is 5.99. The predicted molar refractivity (Wildman–Crippen MR) is 160 cm³/mol. The zero-order chi connectivity index (χ0) is 32.7. The van der Waals surface area contributed by atoms with E-state index in [1.807, 2.05) is 0 Å². The molecule has 0 aliphatic carbocycles. The topological polar surface area (TPSA) is 169 Å². The van der Waals surface area contributed by atoms with Crippen LogP contribution < -0.4 is 10.6 Å². The van der Waals surface area contributed by atoms with Crippen LogP contribution in [0.5, 0.6) is 0 Å². The van der Waals surface area contributed by atoms with Crippen molar-refractivity contribution in [3.63, 3.8) is 0 Å². The van der Waals surface area contributed by atoms with Gasteiger partial charge in [-0.1, -0.05) is 6.08 Å². The van der Waals surface area contributed by atoms with Crippen molar-refractivity contribution in [1.29, 1.82) is 0 Å². The molecule has 0 aromatic rings. The number of hydrogen-bond acceptors (Lipinski definition) is 12. The summed E-state index contributed by atoms with van der Waals surface area (Å²) in [6.45, 7) is 11.5. The molecular weight excluding hydrogens is 582 g/mol. The number of allylic oxidation sites excluding steroid dienone is 1. The highest BCUT2D eigenvalue weighted by Gasteiger charge is 2.29. The van der Waals surface area contributed by atoms with Crippen LogP contribution in [0.25, 0.3) is 0 Å². The van der Waals surface area contributed by atoms with E-state index >= 15 is 0 Å². The molecule has 15 nitrogen and oxygen atoms in total. The lowest BCUT2D eigenvalue weighted by molar-refractivity contribution is -0.144. The van der Waals surface area contributed by atoms with Crippen LogP contribution in [0.1, 0.15) is 27.2 Å². The first-order valence-electron chi connectivity index (χ1n) is 14.9. The van der Waals surface area contributed by atoms with Gasteiger partial charge in [0.05, 0.1) is 99.1 Å². The van der Waals surface area contributed by atoms with Gasteiger partial charge in [-0.2, -0.15) is 0 Å². The van der Waals surface area contributed by atoms with Gasteiger partial charge in [0.1, 0.15) is 6.04 Å². The molecule has 0 aliphatic rings. The van der Waals surface area contributed by atoms with Crippen LogP contribution in [-0.2, 0) is 57.1 Å². The molecule has 256 valence electrons. The maximum absolute atomic E-state index is 12.5. The molecule has 0 rings (SSSR count). The van der Waals surface area contributed by atoms with Gasteiger partial charge < -0.3 is 48.5 Å². The van der Waals surface area contributed by atoms with Gasteiger partial charge in [-0.3, -0.25) is 24.1 Å². The molecule has 0 aromatic carbocycles. The number of rotatable bonds is 31. The van der Waals surface area contributed by atoms with E-state index in [4.69, 9.17) is 37.9 Å². The van der Waals surface area contributed by atoms with Crippen molar-refractivity contribution in [3.8, 4) is 0 Å². The fourth-order valence-corrected chi connectivity index (χ4v) is 3.23. The minimum absolute atomic E-state index is 0.0372. The summed E-state index contributed by atoms with van der Waals surface area (Å²) in [5.74, 6) is -1.59. The van der Waals surface area contributed by atoms with E-state index in [1.165, 1.54) is 12.2 Å². The van der Waals surface area contributed by atoms with Crippen molar-refractivity contribution < 1.29 is 57.1 Å². The number of amides is 4. The van der Waals surface area contributed by atoms with Crippen LogP contribution in [0, 0.1) is 0 Å². The first-order chi connectivity index (χ1) is 21.4. The summed E-state index contributed by atoms with van der Waals surface area (Å²) in [5.41, 5.74) is 0. The number of hydrogen-bond donors (Lipinski definition) is 2. The van der Waals surface area contributed by atoms with Gasteiger partial charge in [0.2, 0.25) is 18.2 Å². The lowest BCUT2D eigenvalue weighted by atomic mass is 10.2. The van der Waals surface area contributed by atoms with E-state index in [0.29, 0.717) is 92.5 Å². The van der Waals surface area contributed by atoms with Crippen molar-refractivity contribution in [2.45, 2.75) is 39.3 Å². The fraction of sp³-hybridized carbons (Fsp3) is 0.793. The second-order valence-corrected chi connectivity index (χ2v) is 9.36. The number of methoxy groups -OCH3 is 1. The second kappa shape index (κ2) is 30.5. The quantitative estimate of drug-likeness (QED) is 0.0581. The third-order valence-electron chi connectivity index (χ3n) is 5.38. The summed E-state index contributed by atoms with van der Waals surface area (Å²) in [7, 11) is 1.63. The molecule has 0 fully saturated rings. The molecule has 0 aliphatic heterocycles. The fourth-order valence-electron chi connectivity index (χ4n) is 3.23. The number of carbonyl (C=O) groups excluding carboxylic acids is 4. The van der Waals surface area contributed by atoms with E-state index in [0.717, 1.165) is 4.90 Å². The van der Waals surface area contributed by atoms with E-state index in [9.17, 15) is 19.2 Å². The van der Waals surface area contributed by atoms with Crippen molar-refractivity contribution in [2.75, 3.05) is 113 Å². The monoisotopic (exact) mass is 635 g/mol. The standard InChI is InChI=1S/C29H53N3O12/c1-5-6-28(35)32(24-33)26(29(36)31-25(2)3)23-30-27(34)7-8-38-11-12-40-15-16-42-19-20-44-22-21-43-18-17-41-14-13-39-10-9-37-4/h5-6,24-26H,7-23H2,1-4H3,(H,30,34)(H,31,36)/b6-5-. The first-order valence-corrected chi connectivity index (χ1v) is 14.9. The Balaban J connectivity index is 3.72. The van der Waals surface area contributed by atoms with E-state index in [1.54, 1.807) is 27.9 Å². The average Bonchev–Trinajstić information content (AvgIpc) is 2.99. The summed E-state index contributed by atoms with van der Waals surface area (Å²) in [6.07, 6.45) is 2.95. The minimum atomic E-state index is -1.18. The Morgan fingerprint density at radius 3 is 1.45 bits per heavy atom. The van der Waals surface area contributed by atoms with Crippen molar-refractivity contribution >= 4 is 24.1 Å². The zero-order valence-corrected chi connectivity index (χ0v) is 26.8. The molecule has 15 heteroatoms. The highest BCUT2D eigenvalue weighted by atomic mass is 16.6. The molecule has 0 saturated carbocycles. The Morgan fingerprint density at radius 1 is 0.682 bits per heavy atom. The van der Waals surface area contributed by atoms with Gasteiger partial charge >= 0.3 is 0 Å². The highest BCUT2D eigenvalue weighted by Crippen LogP contribution is 2.01. The largest absolute Gasteiger partial charge is 0.382 e. The van der Waals surface area contributed by atoms with Gasteiger partial charge in [0.15, 0.2) is 0 Å². The number of nitrogens with zero attached hydrogens (tertiary/aromatic N) is 1. The van der Waals surface area contributed by atoms with Crippen molar-refractivity contribution in [3.05, 3.63) is 12.2 Å². The van der Waals surface area contributed by atoms with Crippen LogP contribution in [0.4, 0.5) is 0 Å². The molecule has 1 unspecified atom stereocenters. The molecule has 4 amide bonds.